The lowest BCUT2D eigenvalue weighted by molar-refractivity contribution is 0.272. The molecule has 1 atom stereocenters. The Hall–Kier alpha value is -0.470. The summed E-state index contributed by atoms with van der Waals surface area (Å²) in [6.07, 6.45) is 0. The van der Waals surface area contributed by atoms with Gasteiger partial charge in [0.15, 0.2) is 0 Å². The van der Waals surface area contributed by atoms with Gasteiger partial charge < -0.3 is 10.6 Å². The molecule has 1 aromatic heterocycles. The van der Waals surface area contributed by atoms with E-state index in [1.807, 2.05) is 39.8 Å². The maximum atomic E-state index is 12.7. The topological polar surface area (TPSA) is 66.6 Å². The molecule has 0 aliphatic heterocycles. The third-order valence-corrected chi connectivity index (χ3v) is 6.98. The molecule has 0 spiro atoms. The standard InChI is InChI=1S/C13H25N3O2S2/c1-6-16(11(3)9-15(4)5)20(17,18)13-7-10(2)12(8-14)19-13/h7,11H,6,8-9,14H2,1-5H3. The van der Waals surface area contributed by atoms with Crippen LogP contribution >= 0.6 is 11.3 Å². The van der Waals surface area contributed by atoms with Gasteiger partial charge >= 0.3 is 0 Å². The van der Waals surface area contributed by atoms with Gasteiger partial charge in [-0.2, -0.15) is 4.31 Å². The van der Waals surface area contributed by atoms with Crippen LogP contribution in [-0.4, -0.2) is 50.8 Å². The molecule has 5 nitrogen and oxygen atoms in total. The van der Waals surface area contributed by atoms with E-state index in [0.717, 1.165) is 10.4 Å². The number of likely N-dealkylation sites (N-methyl/N-ethyl adjacent to an activating group) is 2. The molecule has 1 aromatic rings. The molecular formula is C13H25N3O2S2. The lowest BCUT2D eigenvalue weighted by Crippen LogP contribution is -2.43. The zero-order valence-corrected chi connectivity index (χ0v) is 14.5. The summed E-state index contributed by atoms with van der Waals surface area (Å²) in [5.41, 5.74) is 6.59. The molecule has 0 aliphatic carbocycles. The van der Waals surface area contributed by atoms with Crippen LogP contribution in [0.2, 0.25) is 0 Å². The predicted molar refractivity (Wildman–Crippen MR) is 84.5 cm³/mol. The van der Waals surface area contributed by atoms with Gasteiger partial charge in [-0.3, -0.25) is 0 Å². The predicted octanol–water partition coefficient (Wildman–Crippen LogP) is 1.48. The van der Waals surface area contributed by atoms with E-state index in [2.05, 4.69) is 0 Å². The first kappa shape index (κ1) is 17.6. The van der Waals surface area contributed by atoms with E-state index in [9.17, 15) is 8.42 Å². The first-order chi connectivity index (χ1) is 9.23. The van der Waals surface area contributed by atoms with Crippen molar-refractivity contribution in [3.05, 3.63) is 16.5 Å². The molecule has 0 saturated carbocycles. The Balaban J connectivity index is 3.11. The Morgan fingerprint density at radius 3 is 2.40 bits per heavy atom. The minimum Gasteiger partial charge on any atom is -0.326 e. The number of hydrogen-bond acceptors (Lipinski definition) is 5. The number of thiophene rings is 1. The van der Waals surface area contributed by atoms with E-state index >= 15 is 0 Å². The summed E-state index contributed by atoms with van der Waals surface area (Å²) in [7, 11) is 0.448. The van der Waals surface area contributed by atoms with Gasteiger partial charge in [-0.1, -0.05) is 6.92 Å². The van der Waals surface area contributed by atoms with Crippen molar-refractivity contribution in [1.29, 1.82) is 0 Å². The van der Waals surface area contributed by atoms with E-state index < -0.39 is 10.0 Å². The summed E-state index contributed by atoms with van der Waals surface area (Å²) >= 11 is 1.28. The number of nitrogens with two attached hydrogens (primary N) is 1. The Kier molecular flexibility index (Phi) is 6.15. The third-order valence-electron chi connectivity index (χ3n) is 3.18. The lowest BCUT2D eigenvalue weighted by Gasteiger charge is -2.28. The molecule has 1 unspecified atom stereocenters. The number of hydrogen-bond donors (Lipinski definition) is 1. The second-order valence-electron chi connectivity index (χ2n) is 5.20. The molecule has 0 radical (unpaired) electrons. The van der Waals surface area contributed by atoms with Crippen molar-refractivity contribution in [3.8, 4) is 0 Å². The molecule has 0 bridgehead atoms. The summed E-state index contributed by atoms with van der Waals surface area (Å²) in [5, 5.41) is 0. The average Bonchev–Trinajstić information content (AvgIpc) is 2.70. The minimum atomic E-state index is -3.44. The van der Waals surface area contributed by atoms with Crippen LogP contribution in [0, 0.1) is 6.92 Å². The smallest absolute Gasteiger partial charge is 0.252 e. The summed E-state index contributed by atoms with van der Waals surface area (Å²) in [6.45, 7) is 7.25. The van der Waals surface area contributed by atoms with Gasteiger partial charge in [-0.05, 0) is 39.6 Å². The summed E-state index contributed by atoms with van der Waals surface area (Å²) in [6, 6.07) is 1.66. The average molecular weight is 319 g/mol. The summed E-state index contributed by atoms with van der Waals surface area (Å²) in [4.78, 5) is 2.92. The zero-order valence-electron chi connectivity index (χ0n) is 12.9. The van der Waals surface area contributed by atoms with Crippen molar-refractivity contribution in [2.45, 2.75) is 37.6 Å². The molecular weight excluding hydrogens is 294 g/mol. The fraction of sp³-hybridized carbons (Fsp3) is 0.692. The molecule has 0 aromatic carbocycles. The minimum absolute atomic E-state index is 0.0660. The molecule has 0 fully saturated rings. The van der Waals surface area contributed by atoms with Gasteiger partial charge in [0.2, 0.25) is 0 Å². The van der Waals surface area contributed by atoms with Crippen molar-refractivity contribution in [1.82, 2.24) is 9.21 Å². The second-order valence-corrected chi connectivity index (χ2v) is 8.45. The number of nitrogens with zero attached hydrogens (tertiary/aromatic N) is 2. The molecule has 2 N–H and O–H groups in total. The fourth-order valence-electron chi connectivity index (χ4n) is 2.27. The monoisotopic (exact) mass is 319 g/mol. The van der Waals surface area contributed by atoms with E-state index in [0.29, 0.717) is 23.8 Å². The first-order valence-electron chi connectivity index (χ1n) is 6.70. The maximum absolute atomic E-state index is 12.7. The van der Waals surface area contributed by atoms with Crippen LogP contribution in [-0.2, 0) is 16.6 Å². The van der Waals surface area contributed by atoms with Crippen molar-refractivity contribution >= 4 is 21.4 Å². The highest BCUT2D eigenvalue weighted by Gasteiger charge is 2.29. The molecule has 0 amide bonds. The van der Waals surface area contributed by atoms with Crippen LogP contribution in [0.25, 0.3) is 0 Å². The third kappa shape index (κ3) is 3.79. The lowest BCUT2D eigenvalue weighted by atomic mass is 10.3. The zero-order chi connectivity index (χ0) is 15.5. The van der Waals surface area contributed by atoms with Crippen LogP contribution in [0.15, 0.2) is 10.3 Å². The van der Waals surface area contributed by atoms with E-state index in [-0.39, 0.29) is 6.04 Å². The highest BCUT2D eigenvalue weighted by Crippen LogP contribution is 2.29. The molecule has 116 valence electrons. The quantitative estimate of drug-likeness (QED) is 0.826. The van der Waals surface area contributed by atoms with Gasteiger partial charge in [0.05, 0.1) is 0 Å². The molecule has 7 heteroatoms. The van der Waals surface area contributed by atoms with Crippen molar-refractivity contribution < 1.29 is 8.42 Å². The molecule has 1 rings (SSSR count). The first-order valence-corrected chi connectivity index (χ1v) is 8.95. The number of rotatable bonds is 7. The van der Waals surface area contributed by atoms with Crippen LogP contribution in [0.3, 0.4) is 0 Å². The van der Waals surface area contributed by atoms with E-state index in [4.69, 9.17) is 5.73 Å². The number of aryl methyl sites for hydroxylation is 1. The molecule has 1 heterocycles. The fourth-order valence-corrected chi connectivity index (χ4v) is 5.50. The Morgan fingerprint density at radius 1 is 1.40 bits per heavy atom. The SMILES string of the molecule is CCN(C(C)CN(C)C)S(=O)(=O)c1cc(C)c(CN)s1. The highest BCUT2D eigenvalue weighted by molar-refractivity contribution is 7.91. The van der Waals surface area contributed by atoms with Crippen LogP contribution in [0.4, 0.5) is 0 Å². The Morgan fingerprint density at radius 2 is 2.00 bits per heavy atom. The van der Waals surface area contributed by atoms with Crippen LogP contribution in [0.5, 0.6) is 0 Å². The van der Waals surface area contributed by atoms with E-state index in [1.165, 1.54) is 11.3 Å². The summed E-state index contributed by atoms with van der Waals surface area (Å²) < 4.78 is 27.4. The second kappa shape index (κ2) is 7.00. The van der Waals surface area contributed by atoms with Crippen LogP contribution < -0.4 is 5.73 Å². The molecule has 0 saturated heterocycles. The largest absolute Gasteiger partial charge is 0.326 e. The molecule has 20 heavy (non-hydrogen) atoms. The number of sulfonamides is 1. The highest BCUT2D eigenvalue weighted by atomic mass is 32.2. The Labute approximate surface area is 126 Å². The molecule has 0 aliphatic rings. The van der Waals surface area contributed by atoms with Crippen LogP contribution in [0.1, 0.15) is 24.3 Å². The van der Waals surface area contributed by atoms with E-state index in [1.54, 1.807) is 10.4 Å². The maximum Gasteiger partial charge on any atom is 0.252 e. The van der Waals surface area contributed by atoms with Gasteiger partial charge in [-0.25, -0.2) is 8.42 Å². The van der Waals surface area contributed by atoms with Gasteiger partial charge in [-0.15, -0.1) is 11.3 Å². The Bertz CT molecular complexity index is 538. The van der Waals surface area contributed by atoms with Crippen molar-refractivity contribution in [3.63, 3.8) is 0 Å². The van der Waals surface area contributed by atoms with Gasteiger partial charge in [0.25, 0.3) is 10.0 Å². The summed E-state index contributed by atoms with van der Waals surface area (Å²) in [5.74, 6) is 0. The van der Waals surface area contributed by atoms with Gasteiger partial charge in [0.1, 0.15) is 4.21 Å². The van der Waals surface area contributed by atoms with Crippen molar-refractivity contribution in [2.75, 3.05) is 27.2 Å². The van der Waals surface area contributed by atoms with Gasteiger partial charge in [0, 0.05) is 30.6 Å². The normalized spacial score (nSPS) is 14.2. The van der Waals surface area contributed by atoms with Crippen molar-refractivity contribution in [2.24, 2.45) is 5.73 Å².